The topological polar surface area (TPSA) is 81.0 Å². The van der Waals surface area contributed by atoms with Crippen molar-refractivity contribution in [3.8, 4) is 0 Å². The second-order valence-electron chi connectivity index (χ2n) is 4.39. The Kier molecular flexibility index (Phi) is 4.84. The summed E-state index contributed by atoms with van der Waals surface area (Å²) in [6, 6.07) is 5.06. The number of ether oxygens (including phenoxy) is 1. The molecule has 3 N–H and O–H groups in total. The molecule has 0 bridgehead atoms. The second kappa shape index (κ2) is 6.44. The molecule has 1 aromatic carbocycles. The van der Waals surface area contributed by atoms with E-state index in [1.54, 1.807) is 18.2 Å². The van der Waals surface area contributed by atoms with Gasteiger partial charge in [0.05, 0.1) is 21.8 Å². The molecule has 0 saturated heterocycles. The Bertz CT molecular complexity index is 642. The van der Waals surface area contributed by atoms with Crippen LogP contribution in [0.3, 0.4) is 0 Å². The van der Waals surface area contributed by atoms with Crippen molar-refractivity contribution < 1.29 is 22.1 Å². The summed E-state index contributed by atoms with van der Waals surface area (Å²) < 4.78 is 52.0. The molecule has 1 atom stereocenters. The number of nitrogens with zero attached hydrogens (tertiary/aromatic N) is 1. The van der Waals surface area contributed by atoms with E-state index in [9.17, 15) is 17.4 Å². The quantitative estimate of drug-likeness (QED) is 0.631. The number of H-pyrrole nitrogens is 1. The summed E-state index contributed by atoms with van der Waals surface area (Å²) in [4.78, 5) is 7.05. The number of hydrogen-bond donors (Lipinski definition) is 2. The van der Waals surface area contributed by atoms with Gasteiger partial charge in [-0.1, -0.05) is 0 Å². The number of anilines is 1. The number of hydrogen-bond acceptors (Lipinski definition) is 4. The number of nitrogen functional groups attached to an aromatic ring is 1. The van der Waals surface area contributed by atoms with Crippen LogP contribution in [0, 0.1) is 0 Å². The van der Waals surface area contributed by atoms with Crippen molar-refractivity contribution >= 4 is 27.5 Å². The van der Waals surface area contributed by atoms with Crippen molar-refractivity contribution in [3.63, 3.8) is 0 Å². The van der Waals surface area contributed by atoms with Crippen molar-refractivity contribution in [3.05, 3.63) is 18.2 Å². The normalized spacial score (nSPS) is 13.7. The lowest BCUT2D eigenvalue weighted by atomic mass is 10.3. The predicted molar refractivity (Wildman–Crippen MR) is 73.3 cm³/mol. The lowest BCUT2D eigenvalue weighted by Gasteiger charge is -2.06. The van der Waals surface area contributed by atoms with Crippen molar-refractivity contribution in [1.29, 1.82) is 0 Å². The summed E-state index contributed by atoms with van der Waals surface area (Å²) in [5.41, 5.74) is 7.50. The molecule has 2 rings (SSSR count). The minimum Gasteiger partial charge on any atom is -0.399 e. The largest absolute Gasteiger partial charge is 0.411 e. The van der Waals surface area contributed by atoms with Crippen molar-refractivity contribution in [2.45, 2.75) is 17.8 Å². The zero-order valence-corrected chi connectivity index (χ0v) is 11.8. The first-order chi connectivity index (χ1) is 9.85. The van der Waals surface area contributed by atoms with Crippen LogP contribution in [0.4, 0.5) is 18.9 Å². The van der Waals surface area contributed by atoms with Gasteiger partial charge >= 0.3 is 6.18 Å². The molecular weight excluding hydrogens is 307 g/mol. The summed E-state index contributed by atoms with van der Waals surface area (Å²) >= 11 is 0. The van der Waals surface area contributed by atoms with Crippen LogP contribution in [-0.4, -0.2) is 39.3 Å². The molecule has 0 amide bonds. The summed E-state index contributed by atoms with van der Waals surface area (Å²) in [6.07, 6.45) is -4.08. The SMILES string of the molecule is Nc1ccc2nc(S(=O)CCCOCC(F)(F)F)[nH]c2c1. The number of imidazole rings is 1. The van der Waals surface area contributed by atoms with E-state index in [4.69, 9.17) is 5.73 Å². The lowest BCUT2D eigenvalue weighted by Crippen LogP contribution is -2.18. The van der Waals surface area contributed by atoms with Crippen LogP contribution >= 0.6 is 0 Å². The number of rotatable bonds is 6. The van der Waals surface area contributed by atoms with E-state index in [2.05, 4.69) is 14.7 Å². The average Bonchev–Trinajstić information content (AvgIpc) is 2.79. The highest BCUT2D eigenvalue weighted by atomic mass is 32.2. The highest BCUT2D eigenvalue weighted by Crippen LogP contribution is 2.17. The third-order valence-electron chi connectivity index (χ3n) is 2.58. The number of halogens is 3. The van der Waals surface area contributed by atoms with Gasteiger partial charge in [0.2, 0.25) is 0 Å². The van der Waals surface area contributed by atoms with E-state index < -0.39 is 23.6 Å². The molecule has 0 aliphatic rings. The Morgan fingerprint density at radius 2 is 2.14 bits per heavy atom. The Hall–Kier alpha value is -1.61. The van der Waals surface area contributed by atoms with Crippen molar-refractivity contribution in [2.75, 3.05) is 24.7 Å². The third-order valence-corrected chi connectivity index (χ3v) is 3.87. The van der Waals surface area contributed by atoms with E-state index >= 15 is 0 Å². The van der Waals surface area contributed by atoms with Gasteiger partial charge in [-0.25, -0.2) is 4.98 Å². The smallest absolute Gasteiger partial charge is 0.399 e. The molecule has 2 aromatic rings. The van der Waals surface area contributed by atoms with Crippen molar-refractivity contribution in [1.82, 2.24) is 9.97 Å². The fourth-order valence-electron chi connectivity index (χ4n) is 1.69. The van der Waals surface area contributed by atoms with Gasteiger partial charge in [-0.2, -0.15) is 13.2 Å². The summed E-state index contributed by atoms with van der Waals surface area (Å²) in [5, 5.41) is 0.284. The fourth-order valence-corrected chi connectivity index (χ4v) is 2.69. The van der Waals surface area contributed by atoms with E-state index in [0.717, 1.165) is 0 Å². The number of aromatic nitrogens is 2. The molecular formula is C12H14F3N3O2S. The molecule has 1 unspecified atom stereocenters. The van der Waals surface area contributed by atoms with Gasteiger partial charge in [0, 0.05) is 18.0 Å². The number of aromatic amines is 1. The maximum Gasteiger partial charge on any atom is 0.411 e. The molecule has 0 radical (unpaired) electrons. The molecule has 5 nitrogen and oxygen atoms in total. The summed E-state index contributed by atoms with van der Waals surface area (Å²) in [6.45, 7) is -1.39. The molecule has 0 aliphatic carbocycles. The number of benzene rings is 1. The Balaban J connectivity index is 1.85. The predicted octanol–water partition coefficient (Wildman–Crippen LogP) is 2.22. The number of nitrogens with two attached hydrogens (primary N) is 1. The van der Waals surface area contributed by atoms with Gasteiger partial charge in [0.1, 0.15) is 6.61 Å². The fraction of sp³-hybridized carbons (Fsp3) is 0.417. The molecule has 0 spiro atoms. The standard InChI is InChI=1S/C12H14F3N3O2S/c13-12(14,15)7-20-4-1-5-21(19)11-17-9-3-2-8(16)6-10(9)18-11/h2-3,6H,1,4-5,7,16H2,(H,17,18). The zero-order valence-electron chi connectivity index (χ0n) is 10.9. The van der Waals surface area contributed by atoms with Crippen LogP contribution in [0.25, 0.3) is 11.0 Å². The Morgan fingerprint density at radius 3 is 2.86 bits per heavy atom. The van der Waals surface area contributed by atoms with Gasteiger partial charge in [0.25, 0.3) is 0 Å². The minimum atomic E-state index is -4.34. The highest BCUT2D eigenvalue weighted by Gasteiger charge is 2.27. The molecule has 116 valence electrons. The molecule has 0 fully saturated rings. The molecule has 21 heavy (non-hydrogen) atoms. The second-order valence-corrected chi connectivity index (χ2v) is 5.88. The van der Waals surface area contributed by atoms with Gasteiger partial charge in [-0.3, -0.25) is 4.21 Å². The van der Waals surface area contributed by atoms with Crippen LogP contribution in [-0.2, 0) is 15.5 Å². The summed E-state index contributed by atoms with van der Waals surface area (Å²) in [7, 11) is -1.42. The van der Waals surface area contributed by atoms with Gasteiger partial charge in [-0.05, 0) is 24.6 Å². The van der Waals surface area contributed by atoms with Crippen molar-refractivity contribution in [2.24, 2.45) is 0 Å². The molecule has 1 heterocycles. The third kappa shape index (κ3) is 4.71. The monoisotopic (exact) mass is 321 g/mol. The number of fused-ring (bicyclic) bond motifs is 1. The Labute approximate surface area is 121 Å². The lowest BCUT2D eigenvalue weighted by molar-refractivity contribution is -0.173. The molecule has 0 saturated carbocycles. The first-order valence-electron chi connectivity index (χ1n) is 6.13. The zero-order chi connectivity index (χ0) is 15.5. The average molecular weight is 321 g/mol. The van der Waals surface area contributed by atoms with Gasteiger partial charge in [0.15, 0.2) is 5.16 Å². The summed E-state index contributed by atoms with van der Waals surface area (Å²) in [5.74, 6) is 0.174. The van der Waals surface area contributed by atoms with E-state index in [1.807, 2.05) is 0 Å². The number of alkyl halides is 3. The van der Waals surface area contributed by atoms with Crippen LogP contribution in [0.15, 0.2) is 23.4 Å². The Morgan fingerprint density at radius 1 is 1.38 bits per heavy atom. The maximum atomic E-state index is 12.0. The highest BCUT2D eigenvalue weighted by molar-refractivity contribution is 7.84. The van der Waals surface area contributed by atoms with E-state index in [-0.39, 0.29) is 23.9 Å². The molecule has 1 aromatic heterocycles. The maximum absolute atomic E-state index is 12.0. The minimum absolute atomic E-state index is 0.0988. The first kappa shape index (κ1) is 15.8. The van der Waals surface area contributed by atoms with Crippen LogP contribution < -0.4 is 5.73 Å². The van der Waals surface area contributed by atoms with Crippen LogP contribution in [0.5, 0.6) is 0 Å². The van der Waals surface area contributed by atoms with Crippen LogP contribution in [0.1, 0.15) is 6.42 Å². The van der Waals surface area contributed by atoms with Crippen LogP contribution in [0.2, 0.25) is 0 Å². The van der Waals surface area contributed by atoms with Gasteiger partial charge in [-0.15, -0.1) is 0 Å². The molecule has 9 heteroatoms. The number of nitrogens with one attached hydrogen (secondary N) is 1. The van der Waals surface area contributed by atoms with E-state index in [1.165, 1.54) is 0 Å². The van der Waals surface area contributed by atoms with Gasteiger partial charge < -0.3 is 15.5 Å². The van der Waals surface area contributed by atoms with E-state index in [0.29, 0.717) is 16.7 Å². The molecule has 0 aliphatic heterocycles. The first-order valence-corrected chi connectivity index (χ1v) is 7.45.